The van der Waals surface area contributed by atoms with E-state index in [2.05, 4.69) is 50.9 Å². The van der Waals surface area contributed by atoms with Crippen LogP contribution in [0.1, 0.15) is 81.2 Å². The van der Waals surface area contributed by atoms with Crippen LogP contribution in [0.25, 0.3) is 5.57 Å². The predicted octanol–water partition coefficient (Wildman–Crippen LogP) is 4.79. The first-order valence-corrected chi connectivity index (χ1v) is 19.9. The first kappa shape index (κ1) is 44.4. The highest BCUT2D eigenvalue weighted by atomic mass is 16.5. The summed E-state index contributed by atoms with van der Waals surface area (Å²) in [4.78, 5) is 70.2. The van der Waals surface area contributed by atoms with Crippen LogP contribution in [0.5, 0.6) is 0 Å². The zero-order valence-electron chi connectivity index (χ0n) is 35.4. The number of aromatic nitrogens is 2. The van der Waals surface area contributed by atoms with Gasteiger partial charge in [0.05, 0.1) is 32.5 Å². The van der Waals surface area contributed by atoms with E-state index in [1.165, 1.54) is 14.2 Å². The van der Waals surface area contributed by atoms with Crippen molar-refractivity contribution in [2.24, 2.45) is 16.6 Å². The summed E-state index contributed by atoms with van der Waals surface area (Å²) < 4.78 is 9.59. The van der Waals surface area contributed by atoms with Crippen molar-refractivity contribution in [1.82, 2.24) is 30.4 Å². The zero-order chi connectivity index (χ0) is 43.6. The summed E-state index contributed by atoms with van der Waals surface area (Å²) >= 11 is 0. The Morgan fingerprint density at radius 1 is 0.950 bits per heavy atom. The third kappa shape index (κ3) is 10.5. The van der Waals surface area contributed by atoms with Gasteiger partial charge in [0.25, 0.3) is 5.91 Å². The number of carbonyl (C=O) groups is 4. The minimum Gasteiger partial charge on any atom is -0.453 e. The molecular weight excluding hydrogens is 763 g/mol. The summed E-state index contributed by atoms with van der Waals surface area (Å²) in [5.41, 5.74) is 9.04. The second kappa shape index (κ2) is 19.8. The molecule has 316 valence electrons. The van der Waals surface area contributed by atoms with Gasteiger partial charge in [0, 0.05) is 32.9 Å². The van der Waals surface area contributed by atoms with Crippen molar-refractivity contribution in [2.45, 2.75) is 76.2 Å². The molecule has 60 heavy (non-hydrogen) atoms. The van der Waals surface area contributed by atoms with Crippen LogP contribution in [0.2, 0.25) is 0 Å². The fourth-order valence-electron chi connectivity index (χ4n) is 7.37. The van der Waals surface area contributed by atoms with E-state index in [4.69, 9.17) is 20.2 Å². The van der Waals surface area contributed by atoms with E-state index in [-0.39, 0.29) is 29.6 Å². The van der Waals surface area contributed by atoms with E-state index in [1.54, 1.807) is 40.3 Å². The number of alkyl carbamates (subject to hydrolysis) is 2. The number of nitrogens with one attached hydrogen (secondary N) is 3. The summed E-state index contributed by atoms with van der Waals surface area (Å²) in [6.07, 6.45) is 2.90. The number of likely N-dealkylation sites (tertiary alicyclic amines) is 2. The lowest BCUT2D eigenvalue weighted by atomic mass is 9.88. The number of amidine groups is 1. The van der Waals surface area contributed by atoms with E-state index >= 15 is 0 Å². The average Bonchev–Trinajstić information content (AvgIpc) is 4.05. The second-order valence-corrected chi connectivity index (χ2v) is 15.4. The minimum atomic E-state index is -1.26. The van der Waals surface area contributed by atoms with Crippen molar-refractivity contribution >= 4 is 41.1 Å². The number of hydrogen-bond acceptors (Lipinski definition) is 9. The van der Waals surface area contributed by atoms with Crippen LogP contribution < -0.4 is 21.3 Å². The molecule has 2 saturated heterocycles. The number of rotatable bonds is 12. The van der Waals surface area contributed by atoms with Gasteiger partial charge in [-0.2, -0.15) is 0 Å². The highest BCUT2D eigenvalue weighted by molar-refractivity contribution is 5.95. The van der Waals surface area contributed by atoms with Crippen molar-refractivity contribution in [3.8, 4) is 23.7 Å². The molecule has 2 fully saturated rings. The van der Waals surface area contributed by atoms with Crippen LogP contribution in [0.4, 0.5) is 15.3 Å². The number of carbonyl (C=O) groups excluding carboxylic acids is 4. The third-order valence-electron chi connectivity index (χ3n) is 10.8. The number of amides is 4. The van der Waals surface area contributed by atoms with Crippen molar-refractivity contribution in [1.29, 1.82) is 0 Å². The van der Waals surface area contributed by atoms with Crippen LogP contribution in [0.3, 0.4) is 0 Å². The van der Waals surface area contributed by atoms with Crippen LogP contribution in [0, 0.1) is 29.6 Å². The molecule has 0 aliphatic carbocycles. The Morgan fingerprint density at radius 2 is 1.60 bits per heavy atom. The second-order valence-electron chi connectivity index (χ2n) is 15.4. The van der Waals surface area contributed by atoms with Gasteiger partial charge in [-0.15, -0.1) is 0 Å². The smallest absolute Gasteiger partial charge is 0.407 e. The Labute approximate surface area is 352 Å². The summed E-state index contributed by atoms with van der Waals surface area (Å²) in [5.74, 6) is 12.1. The summed E-state index contributed by atoms with van der Waals surface area (Å²) in [6, 6.07) is 14.2. The Kier molecular flexibility index (Phi) is 14.6. The Hall–Kier alpha value is -6.74. The number of benzene rings is 2. The van der Waals surface area contributed by atoms with Gasteiger partial charge in [0.2, 0.25) is 5.91 Å². The number of nitrogens with zero attached hydrogens (tertiary/aromatic N) is 5. The molecule has 2 aliphatic heterocycles. The fourth-order valence-corrected chi connectivity index (χ4v) is 7.37. The van der Waals surface area contributed by atoms with Gasteiger partial charge in [-0.05, 0) is 85.1 Å². The highest BCUT2D eigenvalue weighted by Crippen LogP contribution is 2.34. The van der Waals surface area contributed by atoms with Crippen molar-refractivity contribution in [3.63, 3.8) is 0 Å². The molecule has 15 heteroatoms. The van der Waals surface area contributed by atoms with Crippen LogP contribution in [-0.2, 0) is 19.1 Å². The topological polar surface area (TPSA) is 188 Å². The number of methoxy groups -OCH3 is 2. The fraction of sp³-hybridized carbons (Fsp3) is 0.422. The summed E-state index contributed by atoms with van der Waals surface area (Å²) in [7, 11) is 6.43. The molecular formula is C45H55N9O6. The van der Waals surface area contributed by atoms with Gasteiger partial charge < -0.3 is 45.5 Å². The maximum absolute atomic E-state index is 13.9. The predicted molar refractivity (Wildman–Crippen MR) is 230 cm³/mol. The number of aromatic amines is 1. The molecule has 5 atom stereocenters. The van der Waals surface area contributed by atoms with Crippen LogP contribution in [0.15, 0.2) is 72.4 Å². The quantitative estimate of drug-likeness (QED) is 0.113. The van der Waals surface area contributed by atoms with Crippen molar-refractivity contribution in [3.05, 3.63) is 90.0 Å². The van der Waals surface area contributed by atoms with Crippen molar-refractivity contribution < 1.29 is 28.7 Å². The van der Waals surface area contributed by atoms with Gasteiger partial charge in [-0.25, -0.2) is 19.6 Å². The normalized spacial score (nSPS) is 18.2. The molecule has 0 bridgehead atoms. The number of H-pyrrole nitrogens is 1. The van der Waals surface area contributed by atoms with Gasteiger partial charge in [-0.1, -0.05) is 68.8 Å². The van der Waals surface area contributed by atoms with E-state index < -0.39 is 35.9 Å². The highest BCUT2D eigenvalue weighted by Gasteiger charge is 2.39. The monoisotopic (exact) mass is 817 g/mol. The Morgan fingerprint density at radius 3 is 2.25 bits per heavy atom. The SMILES string of the molecule is C=C(c1ccc(N(C)C)cc1)C(C)(C#CC#Cc1cnc([C@@H]2CCCN2C(=O)[C@H](NC(=O)OC)c2ccccc2)[nH]1)N=C(N)[C@@H]1CCCN1C(=O)[C@@H](NC(=O)OC)C(C)C. The van der Waals surface area contributed by atoms with Gasteiger partial charge in [0.1, 0.15) is 35.0 Å². The molecule has 0 radical (unpaired) electrons. The molecule has 3 aromatic rings. The molecule has 5 N–H and O–H groups in total. The molecule has 0 spiro atoms. The molecule has 1 aromatic heterocycles. The Balaban J connectivity index is 1.41. The van der Waals surface area contributed by atoms with Crippen molar-refractivity contribution in [2.75, 3.05) is 46.3 Å². The first-order chi connectivity index (χ1) is 28.7. The number of nitrogens with two attached hydrogens (primary N) is 1. The van der Waals surface area contributed by atoms with Gasteiger partial charge in [0.15, 0.2) is 0 Å². The molecule has 5 rings (SSSR count). The molecule has 1 unspecified atom stereocenters. The molecule has 2 aliphatic rings. The minimum absolute atomic E-state index is 0.205. The lowest BCUT2D eigenvalue weighted by molar-refractivity contribution is -0.135. The van der Waals surface area contributed by atoms with Crippen LogP contribution in [-0.4, -0.2) is 109 Å². The average molecular weight is 818 g/mol. The lowest BCUT2D eigenvalue weighted by Gasteiger charge is -2.31. The first-order valence-electron chi connectivity index (χ1n) is 19.9. The van der Waals surface area contributed by atoms with Crippen LogP contribution >= 0.6 is 0 Å². The zero-order valence-corrected chi connectivity index (χ0v) is 35.4. The third-order valence-corrected chi connectivity index (χ3v) is 10.8. The molecule has 4 amide bonds. The van der Waals surface area contributed by atoms with E-state index in [0.717, 1.165) is 17.7 Å². The standard InChI is InChI=1S/C45H55N9O6/c1-29(2)37(49-43(57)59-7)41(55)53-26-14-19-35(53)39(46)51-45(4,30(3)31-21-23-34(24-22-31)52(5)6)25-13-12-18-33-28-47-40(48-33)36-20-15-27-54(36)42(56)38(50-44(58)60-8)32-16-10-9-11-17-32/h9-11,16-17,21-24,28-29,35-38H,3,14-15,19-20,26-27H2,1-2,4-8H3,(H2,46,51)(H,47,48)(H,49,57)(H,50,58)/t35-,36-,37-,38+,45?/m0/s1. The lowest BCUT2D eigenvalue weighted by Crippen LogP contribution is -2.55. The van der Waals surface area contributed by atoms with E-state index in [0.29, 0.717) is 55.0 Å². The molecule has 15 nitrogen and oxygen atoms in total. The maximum Gasteiger partial charge on any atom is 0.407 e. The van der Waals surface area contributed by atoms with Gasteiger partial charge in [-0.3, -0.25) is 9.59 Å². The maximum atomic E-state index is 13.9. The number of imidazole rings is 1. The number of hydrogen-bond donors (Lipinski definition) is 4. The number of aliphatic imine (C=N–C) groups is 1. The number of ether oxygens (including phenoxy) is 2. The van der Waals surface area contributed by atoms with E-state index in [1.807, 2.05) is 70.1 Å². The molecule has 0 saturated carbocycles. The number of anilines is 1. The summed E-state index contributed by atoms with van der Waals surface area (Å²) in [5, 5.41) is 5.34. The largest absolute Gasteiger partial charge is 0.453 e. The summed E-state index contributed by atoms with van der Waals surface area (Å²) in [6.45, 7) is 10.9. The molecule has 2 aromatic carbocycles. The van der Waals surface area contributed by atoms with Gasteiger partial charge >= 0.3 is 12.2 Å². The molecule has 3 heterocycles. The van der Waals surface area contributed by atoms with E-state index in [9.17, 15) is 19.2 Å². The Bertz CT molecular complexity index is 2200.